The highest BCUT2D eigenvalue weighted by Gasteiger charge is 2.24. The molecule has 332 valence electrons. The second-order valence-corrected chi connectivity index (χ2v) is 17.2. The van der Waals surface area contributed by atoms with Crippen LogP contribution in [0.3, 0.4) is 0 Å². The SMILES string of the molecule is CCCCCCCC/C=C/CCCCCCCC(CC(=O)NC(CO)C(O)CCCCCCCCCCC)OC(=O)CCCCCCCCCCCCCCC. The van der Waals surface area contributed by atoms with E-state index >= 15 is 0 Å². The fourth-order valence-corrected chi connectivity index (χ4v) is 7.78. The van der Waals surface area contributed by atoms with Crippen LogP contribution in [0.1, 0.15) is 271 Å². The van der Waals surface area contributed by atoms with E-state index in [-0.39, 0.29) is 24.9 Å². The monoisotopic (exact) mass is 792 g/mol. The number of esters is 1. The average Bonchev–Trinajstić information content (AvgIpc) is 3.19. The van der Waals surface area contributed by atoms with E-state index in [1.807, 2.05) is 0 Å². The first kappa shape index (κ1) is 54.6. The first-order chi connectivity index (χ1) is 27.5. The molecular formula is C50H97NO5. The van der Waals surface area contributed by atoms with Gasteiger partial charge in [-0.3, -0.25) is 9.59 Å². The van der Waals surface area contributed by atoms with E-state index < -0.39 is 18.2 Å². The standard InChI is InChI=1S/C50H97NO5/c1-4-7-10-13-16-19-21-23-24-26-27-30-32-35-38-41-46(56-50(55)43-40-37-34-31-28-25-22-20-17-14-11-8-5-2)44-49(54)51-47(45-52)48(53)42-39-36-33-29-18-15-12-9-6-3/h23-24,46-48,52-53H,4-22,25-45H2,1-3H3,(H,51,54)/b24-23+. The third-order valence-electron chi connectivity index (χ3n) is 11.6. The van der Waals surface area contributed by atoms with Crippen LogP contribution < -0.4 is 5.32 Å². The van der Waals surface area contributed by atoms with Crippen molar-refractivity contribution in [2.75, 3.05) is 6.61 Å². The van der Waals surface area contributed by atoms with Crippen LogP contribution in [0.25, 0.3) is 0 Å². The number of hydrogen-bond acceptors (Lipinski definition) is 5. The van der Waals surface area contributed by atoms with Gasteiger partial charge in [0, 0.05) is 6.42 Å². The van der Waals surface area contributed by atoms with Crippen molar-refractivity contribution < 1.29 is 24.5 Å². The molecule has 3 unspecified atom stereocenters. The lowest BCUT2D eigenvalue weighted by Crippen LogP contribution is -2.46. The fourth-order valence-electron chi connectivity index (χ4n) is 7.78. The van der Waals surface area contributed by atoms with Gasteiger partial charge in [0.25, 0.3) is 0 Å². The minimum Gasteiger partial charge on any atom is -0.462 e. The third kappa shape index (κ3) is 39.4. The van der Waals surface area contributed by atoms with E-state index in [1.165, 1.54) is 161 Å². The number of allylic oxidation sites excluding steroid dienone is 2. The van der Waals surface area contributed by atoms with Crippen molar-refractivity contribution in [2.45, 2.75) is 289 Å². The van der Waals surface area contributed by atoms with E-state index in [1.54, 1.807) is 0 Å². The summed E-state index contributed by atoms with van der Waals surface area (Å²) in [6.45, 7) is 6.47. The Morgan fingerprint density at radius 1 is 0.500 bits per heavy atom. The lowest BCUT2D eigenvalue weighted by Gasteiger charge is -2.24. The van der Waals surface area contributed by atoms with Gasteiger partial charge in [0.15, 0.2) is 0 Å². The molecule has 0 aliphatic carbocycles. The quantitative estimate of drug-likeness (QED) is 0.0324. The molecule has 0 saturated carbocycles. The predicted octanol–water partition coefficient (Wildman–Crippen LogP) is 14.6. The van der Waals surface area contributed by atoms with Gasteiger partial charge in [-0.25, -0.2) is 0 Å². The number of aliphatic hydroxyl groups is 2. The van der Waals surface area contributed by atoms with Crippen molar-refractivity contribution in [1.82, 2.24) is 5.32 Å². The Bertz CT molecular complexity index is 847. The summed E-state index contributed by atoms with van der Waals surface area (Å²) < 4.78 is 5.92. The van der Waals surface area contributed by atoms with E-state index in [0.29, 0.717) is 19.3 Å². The summed E-state index contributed by atoms with van der Waals surface area (Å²) in [6.07, 6.45) is 48.4. The van der Waals surface area contributed by atoms with Crippen molar-refractivity contribution in [1.29, 1.82) is 0 Å². The first-order valence-corrected chi connectivity index (χ1v) is 24.9. The predicted molar refractivity (Wildman–Crippen MR) is 241 cm³/mol. The lowest BCUT2D eigenvalue weighted by molar-refractivity contribution is -0.151. The molecule has 0 aromatic heterocycles. The van der Waals surface area contributed by atoms with Gasteiger partial charge in [0.2, 0.25) is 5.91 Å². The Morgan fingerprint density at radius 3 is 1.27 bits per heavy atom. The molecule has 0 radical (unpaired) electrons. The van der Waals surface area contributed by atoms with Gasteiger partial charge in [-0.1, -0.05) is 219 Å². The minimum atomic E-state index is -0.782. The van der Waals surface area contributed by atoms with Crippen LogP contribution in [0.2, 0.25) is 0 Å². The molecule has 0 aliphatic heterocycles. The van der Waals surface area contributed by atoms with Crippen molar-refractivity contribution in [3.8, 4) is 0 Å². The van der Waals surface area contributed by atoms with Crippen molar-refractivity contribution in [3.63, 3.8) is 0 Å². The largest absolute Gasteiger partial charge is 0.462 e. The van der Waals surface area contributed by atoms with Crippen LogP contribution in [0, 0.1) is 0 Å². The van der Waals surface area contributed by atoms with E-state index in [2.05, 4.69) is 38.2 Å². The Labute approximate surface area is 349 Å². The number of carbonyl (C=O) groups is 2. The summed E-state index contributed by atoms with van der Waals surface area (Å²) in [5.41, 5.74) is 0. The van der Waals surface area contributed by atoms with Gasteiger partial charge in [0.1, 0.15) is 6.10 Å². The van der Waals surface area contributed by atoms with Crippen LogP contribution >= 0.6 is 0 Å². The minimum absolute atomic E-state index is 0.0784. The van der Waals surface area contributed by atoms with Crippen molar-refractivity contribution in [2.24, 2.45) is 0 Å². The first-order valence-electron chi connectivity index (χ1n) is 24.9. The molecule has 56 heavy (non-hydrogen) atoms. The molecule has 0 aliphatic rings. The summed E-state index contributed by atoms with van der Waals surface area (Å²) in [4.78, 5) is 26.0. The molecule has 0 rings (SSSR count). The molecule has 3 N–H and O–H groups in total. The number of rotatable bonds is 45. The topological polar surface area (TPSA) is 95.9 Å². The highest BCUT2D eigenvalue weighted by molar-refractivity contribution is 5.77. The second-order valence-electron chi connectivity index (χ2n) is 17.2. The zero-order chi connectivity index (χ0) is 41.0. The number of ether oxygens (including phenoxy) is 1. The summed E-state index contributed by atoms with van der Waals surface area (Å²) in [5.74, 6) is -0.468. The summed E-state index contributed by atoms with van der Waals surface area (Å²) in [7, 11) is 0. The summed E-state index contributed by atoms with van der Waals surface area (Å²) in [5, 5.41) is 23.6. The van der Waals surface area contributed by atoms with Gasteiger partial charge in [-0.15, -0.1) is 0 Å². The fraction of sp³-hybridized carbons (Fsp3) is 0.920. The number of carbonyl (C=O) groups excluding carboxylic acids is 2. The Hall–Kier alpha value is -1.40. The molecule has 0 saturated heterocycles. The molecule has 0 bridgehead atoms. The smallest absolute Gasteiger partial charge is 0.306 e. The van der Waals surface area contributed by atoms with Crippen LogP contribution in [-0.4, -0.2) is 46.9 Å². The maximum Gasteiger partial charge on any atom is 0.306 e. The highest BCUT2D eigenvalue weighted by atomic mass is 16.5. The number of hydrogen-bond donors (Lipinski definition) is 3. The summed E-state index contributed by atoms with van der Waals surface area (Å²) >= 11 is 0. The Morgan fingerprint density at radius 2 is 0.857 bits per heavy atom. The number of aliphatic hydroxyl groups excluding tert-OH is 2. The van der Waals surface area contributed by atoms with Crippen molar-refractivity contribution in [3.05, 3.63) is 12.2 Å². The Balaban J connectivity index is 4.57. The second kappa shape index (κ2) is 44.7. The normalized spacial score (nSPS) is 13.3. The maximum atomic E-state index is 13.1. The molecule has 3 atom stereocenters. The molecule has 6 nitrogen and oxygen atoms in total. The molecule has 0 fully saturated rings. The number of unbranched alkanes of at least 4 members (excludes halogenated alkanes) is 31. The lowest BCUT2D eigenvalue weighted by atomic mass is 10.0. The number of amides is 1. The van der Waals surface area contributed by atoms with Gasteiger partial charge in [0.05, 0.1) is 25.2 Å². The summed E-state index contributed by atoms with van der Waals surface area (Å²) in [6, 6.07) is -0.696. The van der Waals surface area contributed by atoms with Crippen LogP contribution in [0.4, 0.5) is 0 Å². The third-order valence-corrected chi connectivity index (χ3v) is 11.6. The number of nitrogens with one attached hydrogen (secondary N) is 1. The van der Waals surface area contributed by atoms with E-state index in [0.717, 1.165) is 64.2 Å². The molecule has 0 aromatic rings. The van der Waals surface area contributed by atoms with Crippen LogP contribution in [0.15, 0.2) is 12.2 Å². The van der Waals surface area contributed by atoms with E-state index in [9.17, 15) is 19.8 Å². The van der Waals surface area contributed by atoms with Crippen molar-refractivity contribution >= 4 is 11.9 Å². The molecule has 1 amide bonds. The van der Waals surface area contributed by atoms with Crippen LogP contribution in [-0.2, 0) is 14.3 Å². The highest BCUT2D eigenvalue weighted by Crippen LogP contribution is 2.18. The zero-order valence-corrected chi connectivity index (χ0v) is 37.8. The molecule has 6 heteroatoms. The average molecular weight is 792 g/mol. The molecule has 0 aromatic carbocycles. The molecule has 0 spiro atoms. The van der Waals surface area contributed by atoms with Gasteiger partial charge < -0.3 is 20.3 Å². The maximum absolute atomic E-state index is 13.1. The van der Waals surface area contributed by atoms with Crippen LogP contribution in [0.5, 0.6) is 0 Å². The van der Waals surface area contributed by atoms with E-state index in [4.69, 9.17) is 4.74 Å². The molecular weight excluding hydrogens is 695 g/mol. The molecule has 0 heterocycles. The Kier molecular flexibility index (Phi) is 43.6. The van der Waals surface area contributed by atoms with Gasteiger partial charge >= 0.3 is 5.97 Å². The van der Waals surface area contributed by atoms with Gasteiger partial charge in [-0.2, -0.15) is 0 Å². The zero-order valence-electron chi connectivity index (χ0n) is 37.8. The van der Waals surface area contributed by atoms with Gasteiger partial charge in [-0.05, 0) is 51.4 Å².